The zero-order valence-electron chi connectivity index (χ0n) is 12.3. The molecule has 0 atom stereocenters. The van der Waals surface area contributed by atoms with E-state index in [4.69, 9.17) is 11.6 Å². The highest BCUT2D eigenvalue weighted by Gasteiger charge is 2.20. The van der Waals surface area contributed by atoms with Gasteiger partial charge in [0.1, 0.15) is 5.69 Å². The Morgan fingerprint density at radius 3 is 2.16 bits per heavy atom. The largest absolute Gasteiger partial charge is 0.337 e. The van der Waals surface area contributed by atoms with E-state index in [9.17, 15) is 4.79 Å². The van der Waals surface area contributed by atoms with Crippen LogP contribution in [0.25, 0.3) is 0 Å². The lowest BCUT2D eigenvalue weighted by atomic mass is 10.1. The number of nitrogens with zero attached hydrogens (tertiary/aromatic N) is 3. The van der Waals surface area contributed by atoms with Crippen LogP contribution in [0.5, 0.6) is 0 Å². The number of rotatable bonds is 5. The third-order valence-corrected chi connectivity index (χ3v) is 2.67. The third kappa shape index (κ3) is 5.15. The van der Waals surface area contributed by atoms with Gasteiger partial charge in [-0.2, -0.15) is 0 Å². The van der Waals surface area contributed by atoms with E-state index in [2.05, 4.69) is 37.7 Å². The predicted octanol–water partition coefficient (Wildman–Crippen LogP) is 3.19. The zero-order chi connectivity index (χ0) is 14.6. The highest BCUT2D eigenvalue weighted by molar-refractivity contribution is 6.28. The molecule has 5 heteroatoms. The highest BCUT2D eigenvalue weighted by atomic mass is 35.5. The number of hydrogen-bond acceptors (Lipinski definition) is 3. The lowest BCUT2D eigenvalue weighted by Gasteiger charge is -2.26. The highest BCUT2D eigenvalue weighted by Crippen LogP contribution is 2.11. The summed E-state index contributed by atoms with van der Waals surface area (Å²) >= 11 is 5.82. The van der Waals surface area contributed by atoms with Crippen LogP contribution in [0.3, 0.4) is 0 Å². The van der Waals surface area contributed by atoms with Gasteiger partial charge in [-0.3, -0.25) is 4.79 Å². The van der Waals surface area contributed by atoms with Crippen molar-refractivity contribution in [3.63, 3.8) is 0 Å². The molecule has 0 aromatic carbocycles. The molecule has 0 N–H and O–H groups in total. The van der Waals surface area contributed by atoms with Gasteiger partial charge < -0.3 is 4.90 Å². The first kappa shape index (κ1) is 15.9. The van der Waals surface area contributed by atoms with E-state index in [0.717, 1.165) is 13.1 Å². The standard InChI is InChI=1S/C14H22ClN3O/c1-9(2)7-18(8-10(3)4)13(19)12-6-11(5)16-14(15)17-12/h6,9-10H,7-8H2,1-5H3. The second kappa shape index (κ2) is 6.85. The van der Waals surface area contributed by atoms with Gasteiger partial charge in [0, 0.05) is 18.8 Å². The van der Waals surface area contributed by atoms with E-state index in [1.165, 1.54) is 0 Å². The van der Waals surface area contributed by atoms with E-state index < -0.39 is 0 Å². The Morgan fingerprint density at radius 2 is 1.74 bits per heavy atom. The van der Waals surface area contributed by atoms with Crippen molar-refractivity contribution in [3.8, 4) is 0 Å². The Bertz CT molecular complexity index is 416. The first-order valence-corrected chi connectivity index (χ1v) is 6.97. The van der Waals surface area contributed by atoms with Gasteiger partial charge >= 0.3 is 0 Å². The molecule has 0 bridgehead atoms. The monoisotopic (exact) mass is 283 g/mol. The summed E-state index contributed by atoms with van der Waals surface area (Å²) in [5.74, 6) is 0.761. The minimum Gasteiger partial charge on any atom is -0.337 e. The molecule has 1 aromatic heterocycles. The first-order chi connectivity index (χ1) is 8.79. The Hall–Kier alpha value is -1.16. The molecule has 4 nitrogen and oxygen atoms in total. The summed E-state index contributed by atoms with van der Waals surface area (Å²) in [7, 11) is 0. The molecule has 1 aromatic rings. The molecule has 0 saturated heterocycles. The fourth-order valence-corrected chi connectivity index (χ4v) is 2.15. The van der Waals surface area contributed by atoms with Crippen molar-refractivity contribution < 1.29 is 4.79 Å². The molecule has 1 rings (SSSR count). The molecule has 0 saturated carbocycles. The topological polar surface area (TPSA) is 46.1 Å². The minimum absolute atomic E-state index is 0.0743. The SMILES string of the molecule is Cc1cc(C(=O)N(CC(C)C)CC(C)C)nc(Cl)n1. The van der Waals surface area contributed by atoms with Crippen molar-refractivity contribution >= 4 is 17.5 Å². The number of aromatic nitrogens is 2. The summed E-state index contributed by atoms with van der Waals surface area (Å²) in [5, 5.41) is 0.123. The van der Waals surface area contributed by atoms with Gasteiger partial charge in [0.25, 0.3) is 5.91 Å². The number of aryl methyl sites for hydroxylation is 1. The summed E-state index contributed by atoms with van der Waals surface area (Å²) in [6.07, 6.45) is 0. The van der Waals surface area contributed by atoms with E-state index in [1.54, 1.807) is 13.0 Å². The molecule has 1 heterocycles. The fraction of sp³-hybridized carbons (Fsp3) is 0.643. The molecular weight excluding hydrogens is 262 g/mol. The van der Waals surface area contributed by atoms with Gasteiger partial charge in [-0.05, 0) is 36.4 Å². The summed E-state index contributed by atoms with van der Waals surface area (Å²) in [5.41, 5.74) is 1.08. The van der Waals surface area contributed by atoms with Crippen molar-refractivity contribution in [2.24, 2.45) is 11.8 Å². The van der Waals surface area contributed by atoms with Crippen molar-refractivity contribution in [1.29, 1.82) is 0 Å². The van der Waals surface area contributed by atoms with Gasteiger partial charge in [0.2, 0.25) is 5.28 Å². The Labute approximate surface area is 120 Å². The summed E-state index contributed by atoms with van der Waals surface area (Å²) in [4.78, 5) is 22.4. The van der Waals surface area contributed by atoms with Crippen LogP contribution in [-0.4, -0.2) is 33.9 Å². The van der Waals surface area contributed by atoms with Crippen molar-refractivity contribution in [1.82, 2.24) is 14.9 Å². The molecule has 0 aliphatic carbocycles. The second-order valence-corrected chi connectivity index (χ2v) is 6.00. The minimum atomic E-state index is -0.0743. The summed E-state index contributed by atoms with van der Waals surface area (Å²) < 4.78 is 0. The van der Waals surface area contributed by atoms with Crippen LogP contribution in [-0.2, 0) is 0 Å². The number of halogens is 1. The van der Waals surface area contributed by atoms with Gasteiger partial charge in [0.05, 0.1) is 0 Å². The molecular formula is C14H22ClN3O. The van der Waals surface area contributed by atoms with Crippen LogP contribution >= 0.6 is 11.6 Å². The van der Waals surface area contributed by atoms with E-state index in [1.807, 2.05) is 4.90 Å². The lowest BCUT2D eigenvalue weighted by Crippen LogP contribution is -2.37. The van der Waals surface area contributed by atoms with Gasteiger partial charge in [-0.25, -0.2) is 9.97 Å². The van der Waals surface area contributed by atoms with E-state index in [0.29, 0.717) is 23.2 Å². The third-order valence-electron chi connectivity index (χ3n) is 2.50. The van der Waals surface area contributed by atoms with Crippen LogP contribution in [0, 0.1) is 18.8 Å². The van der Waals surface area contributed by atoms with Crippen molar-refractivity contribution in [3.05, 3.63) is 22.7 Å². The van der Waals surface area contributed by atoms with Gasteiger partial charge in [-0.1, -0.05) is 27.7 Å². The molecule has 1 amide bonds. The maximum atomic E-state index is 12.5. The molecule has 0 spiro atoms. The number of carbonyl (C=O) groups is 1. The molecule has 0 aliphatic heterocycles. The Balaban J connectivity index is 2.97. The summed E-state index contributed by atoms with van der Waals surface area (Å²) in [6, 6.07) is 1.68. The Kier molecular flexibility index (Phi) is 5.73. The van der Waals surface area contributed by atoms with Crippen LogP contribution in [0.1, 0.15) is 43.9 Å². The number of hydrogen-bond donors (Lipinski definition) is 0. The average molecular weight is 284 g/mol. The van der Waals surface area contributed by atoms with Crippen molar-refractivity contribution in [2.75, 3.05) is 13.1 Å². The van der Waals surface area contributed by atoms with Gasteiger partial charge in [0.15, 0.2) is 0 Å². The smallest absolute Gasteiger partial charge is 0.272 e. The quantitative estimate of drug-likeness (QED) is 0.780. The van der Waals surface area contributed by atoms with Crippen LogP contribution in [0.2, 0.25) is 5.28 Å². The van der Waals surface area contributed by atoms with Crippen LogP contribution < -0.4 is 0 Å². The molecule has 19 heavy (non-hydrogen) atoms. The van der Waals surface area contributed by atoms with Crippen molar-refractivity contribution in [2.45, 2.75) is 34.6 Å². The maximum Gasteiger partial charge on any atom is 0.272 e. The number of amides is 1. The predicted molar refractivity (Wildman–Crippen MR) is 77.4 cm³/mol. The normalized spacial score (nSPS) is 11.2. The number of carbonyl (C=O) groups excluding carboxylic acids is 1. The van der Waals surface area contributed by atoms with Crippen LogP contribution in [0.4, 0.5) is 0 Å². The van der Waals surface area contributed by atoms with E-state index >= 15 is 0 Å². The molecule has 0 fully saturated rings. The van der Waals surface area contributed by atoms with E-state index in [-0.39, 0.29) is 11.2 Å². The molecule has 0 unspecified atom stereocenters. The molecule has 106 valence electrons. The first-order valence-electron chi connectivity index (χ1n) is 6.60. The molecule has 0 radical (unpaired) electrons. The summed E-state index contributed by atoms with van der Waals surface area (Å²) in [6.45, 7) is 11.6. The van der Waals surface area contributed by atoms with Gasteiger partial charge in [-0.15, -0.1) is 0 Å². The lowest BCUT2D eigenvalue weighted by molar-refractivity contribution is 0.0709. The second-order valence-electron chi connectivity index (χ2n) is 5.66. The zero-order valence-corrected chi connectivity index (χ0v) is 13.0. The maximum absolute atomic E-state index is 12.5. The average Bonchev–Trinajstić information content (AvgIpc) is 2.24. The molecule has 0 aliphatic rings. The fourth-order valence-electron chi connectivity index (χ4n) is 1.93. The van der Waals surface area contributed by atoms with Crippen LogP contribution in [0.15, 0.2) is 6.07 Å². The Morgan fingerprint density at radius 1 is 1.21 bits per heavy atom.